The molecule has 0 heterocycles. The van der Waals surface area contributed by atoms with Crippen LogP contribution in [0.1, 0.15) is 58.1 Å². The van der Waals surface area contributed by atoms with Gasteiger partial charge < -0.3 is 11.1 Å². The highest BCUT2D eigenvalue weighted by molar-refractivity contribution is 5.81. The molecule has 1 aromatic carbocycles. The first kappa shape index (κ1) is 16.7. The molecule has 2 atom stereocenters. The quantitative estimate of drug-likeness (QED) is 0.764. The molecule has 1 rings (SSSR count). The Morgan fingerprint density at radius 1 is 1.15 bits per heavy atom. The fourth-order valence-corrected chi connectivity index (χ4v) is 2.60. The Morgan fingerprint density at radius 3 is 2.25 bits per heavy atom. The van der Waals surface area contributed by atoms with E-state index in [1.807, 2.05) is 25.1 Å². The molecule has 1 amide bonds. The van der Waals surface area contributed by atoms with Crippen LogP contribution in [0.2, 0.25) is 0 Å². The summed E-state index contributed by atoms with van der Waals surface area (Å²) in [5.41, 5.74) is 7.09. The van der Waals surface area contributed by atoms with Crippen molar-refractivity contribution in [2.24, 2.45) is 11.7 Å². The summed E-state index contributed by atoms with van der Waals surface area (Å²) in [5.74, 6) is 0.405. The lowest BCUT2D eigenvalue weighted by atomic mass is 9.88. The molecular weight excluding hydrogens is 248 g/mol. The van der Waals surface area contributed by atoms with Crippen LogP contribution in [0.5, 0.6) is 0 Å². The van der Waals surface area contributed by atoms with Gasteiger partial charge >= 0.3 is 0 Å². The third kappa shape index (κ3) is 4.64. The molecule has 0 spiro atoms. The Hall–Kier alpha value is -1.35. The maximum absolute atomic E-state index is 12.2. The van der Waals surface area contributed by atoms with Gasteiger partial charge in [-0.25, -0.2) is 0 Å². The van der Waals surface area contributed by atoms with E-state index in [0.29, 0.717) is 5.92 Å². The maximum atomic E-state index is 12.2. The van der Waals surface area contributed by atoms with Gasteiger partial charge in [-0.3, -0.25) is 4.79 Å². The van der Waals surface area contributed by atoms with E-state index in [1.54, 1.807) is 0 Å². The molecule has 1 unspecified atom stereocenters. The number of benzene rings is 1. The van der Waals surface area contributed by atoms with Crippen LogP contribution in [0.25, 0.3) is 0 Å². The van der Waals surface area contributed by atoms with Crippen molar-refractivity contribution in [3.63, 3.8) is 0 Å². The molecule has 0 aliphatic rings. The van der Waals surface area contributed by atoms with Crippen LogP contribution < -0.4 is 11.1 Å². The third-order valence-electron chi connectivity index (χ3n) is 3.91. The van der Waals surface area contributed by atoms with Crippen LogP contribution in [0, 0.1) is 5.92 Å². The van der Waals surface area contributed by atoms with E-state index in [4.69, 9.17) is 5.73 Å². The highest BCUT2D eigenvalue weighted by atomic mass is 16.2. The summed E-state index contributed by atoms with van der Waals surface area (Å²) in [6.45, 7) is 6.38. The average molecular weight is 276 g/mol. The minimum Gasteiger partial charge on any atom is -0.348 e. The molecule has 0 radical (unpaired) electrons. The van der Waals surface area contributed by atoms with Crippen LogP contribution in [0.15, 0.2) is 30.3 Å². The number of nitrogens with two attached hydrogens (primary N) is 1. The van der Waals surface area contributed by atoms with Crippen molar-refractivity contribution < 1.29 is 4.79 Å². The second kappa shape index (κ2) is 8.75. The van der Waals surface area contributed by atoms with Crippen LogP contribution >= 0.6 is 0 Å². The first-order chi connectivity index (χ1) is 9.63. The van der Waals surface area contributed by atoms with Gasteiger partial charge in [-0.05, 0) is 17.9 Å². The Bertz CT molecular complexity index is 387. The summed E-state index contributed by atoms with van der Waals surface area (Å²) in [5, 5.41) is 3.16. The molecule has 20 heavy (non-hydrogen) atoms. The van der Waals surface area contributed by atoms with Crippen LogP contribution in [-0.2, 0) is 4.79 Å². The molecule has 0 aliphatic heterocycles. The number of rotatable bonds is 8. The van der Waals surface area contributed by atoms with Gasteiger partial charge in [-0.1, -0.05) is 70.4 Å². The van der Waals surface area contributed by atoms with Gasteiger partial charge in [0.15, 0.2) is 0 Å². The fraction of sp³-hybridized carbons (Fsp3) is 0.588. The van der Waals surface area contributed by atoms with Gasteiger partial charge in [0, 0.05) is 0 Å². The maximum Gasteiger partial charge on any atom is 0.237 e. The smallest absolute Gasteiger partial charge is 0.237 e. The highest BCUT2D eigenvalue weighted by Crippen LogP contribution is 2.27. The molecule has 3 N–H and O–H groups in total. The van der Waals surface area contributed by atoms with Crippen LogP contribution in [0.4, 0.5) is 0 Å². The molecule has 0 aromatic heterocycles. The lowest BCUT2D eigenvalue weighted by Gasteiger charge is -2.28. The van der Waals surface area contributed by atoms with Gasteiger partial charge in [0.1, 0.15) is 0 Å². The zero-order valence-corrected chi connectivity index (χ0v) is 12.9. The van der Waals surface area contributed by atoms with Crippen molar-refractivity contribution in [1.29, 1.82) is 0 Å². The topological polar surface area (TPSA) is 55.1 Å². The Kier molecular flexibility index (Phi) is 7.31. The van der Waals surface area contributed by atoms with Gasteiger partial charge in [-0.2, -0.15) is 0 Å². The predicted molar refractivity (Wildman–Crippen MR) is 84.3 cm³/mol. The monoisotopic (exact) mass is 276 g/mol. The number of nitrogens with one attached hydrogen (secondary N) is 1. The predicted octanol–water partition coefficient (Wildman–Crippen LogP) is 3.41. The minimum atomic E-state index is -0.402. The van der Waals surface area contributed by atoms with Gasteiger partial charge in [0.25, 0.3) is 0 Å². The summed E-state index contributed by atoms with van der Waals surface area (Å²) < 4.78 is 0. The number of carbonyl (C=O) groups is 1. The van der Waals surface area contributed by atoms with Gasteiger partial charge in [0.05, 0.1) is 12.1 Å². The highest BCUT2D eigenvalue weighted by Gasteiger charge is 2.24. The first-order valence-electron chi connectivity index (χ1n) is 7.74. The molecule has 0 aliphatic carbocycles. The molecule has 3 heteroatoms. The lowest BCUT2D eigenvalue weighted by molar-refractivity contribution is -0.123. The zero-order valence-electron chi connectivity index (χ0n) is 12.9. The normalized spacial score (nSPS) is 14.1. The average Bonchev–Trinajstić information content (AvgIpc) is 2.48. The van der Waals surface area contributed by atoms with E-state index in [-0.39, 0.29) is 11.9 Å². The standard InChI is InChI=1S/C17H28N2O/c1-4-10-15(18)17(20)19-16(13(5-2)6-3)14-11-8-7-9-12-14/h7-9,11-13,15-16H,4-6,10,18H2,1-3H3,(H,19,20)/t15-,16?/m0/s1. The summed E-state index contributed by atoms with van der Waals surface area (Å²) in [7, 11) is 0. The van der Waals surface area contributed by atoms with Crippen LogP contribution in [0.3, 0.4) is 0 Å². The van der Waals surface area contributed by atoms with Gasteiger partial charge in [-0.15, -0.1) is 0 Å². The Balaban J connectivity index is 2.86. The van der Waals surface area contributed by atoms with E-state index in [1.165, 1.54) is 5.56 Å². The lowest BCUT2D eigenvalue weighted by Crippen LogP contribution is -2.43. The molecule has 1 aromatic rings. The fourth-order valence-electron chi connectivity index (χ4n) is 2.60. The molecule has 112 valence electrons. The second-order valence-corrected chi connectivity index (χ2v) is 5.37. The Labute approximate surface area is 122 Å². The minimum absolute atomic E-state index is 0.0346. The zero-order chi connectivity index (χ0) is 15.0. The number of carbonyl (C=O) groups excluding carboxylic acids is 1. The largest absolute Gasteiger partial charge is 0.348 e. The van der Waals surface area contributed by atoms with E-state index in [0.717, 1.165) is 25.7 Å². The van der Waals surface area contributed by atoms with E-state index in [9.17, 15) is 4.79 Å². The van der Waals surface area contributed by atoms with Gasteiger partial charge in [0.2, 0.25) is 5.91 Å². The number of amides is 1. The van der Waals surface area contributed by atoms with Crippen molar-refractivity contribution in [3.05, 3.63) is 35.9 Å². The molecule has 0 bridgehead atoms. The summed E-state index contributed by atoms with van der Waals surface area (Å²) in [6, 6.07) is 9.84. The van der Waals surface area contributed by atoms with Crippen molar-refractivity contribution in [1.82, 2.24) is 5.32 Å². The molecule has 0 saturated carbocycles. The second-order valence-electron chi connectivity index (χ2n) is 5.37. The molecular formula is C17H28N2O. The Morgan fingerprint density at radius 2 is 1.75 bits per heavy atom. The van der Waals surface area contributed by atoms with E-state index >= 15 is 0 Å². The molecule has 0 saturated heterocycles. The first-order valence-corrected chi connectivity index (χ1v) is 7.74. The van der Waals surface area contributed by atoms with Crippen LogP contribution in [-0.4, -0.2) is 11.9 Å². The number of hydrogen-bond acceptors (Lipinski definition) is 2. The van der Waals surface area contributed by atoms with E-state index in [2.05, 4.69) is 31.3 Å². The number of hydrogen-bond donors (Lipinski definition) is 2. The van der Waals surface area contributed by atoms with Crippen molar-refractivity contribution in [2.45, 2.75) is 58.5 Å². The summed E-state index contributed by atoms with van der Waals surface area (Å²) >= 11 is 0. The van der Waals surface area contributed by atoms with Crippen molar-refractivity contribution >= 4 is 5.91 Å². The summed E-state index contributed by atoms with van der Waals surface area (Å²) in [6.07, 6.45) is 3.74. The van der Waals surface area contributed by atoms with Crippen molar-refractivity contribution in [3.8, 4) is 0 Å². The van der Waals surface area contributed by atoms with E-state index < -0.39 is 6.04 Å². The van der Waals surface area contributed by atoms with Crippen molar-refractivity contribution in [2.75, 3.05) is 0 Å². The molecule has 3 nitrogen and oxygen atoms in total. The molecule has 0 fully saturated rings. The SMILES string of the molecule is CCC[C@H](N)C(=O)NC(c1ccccc1)C(CC)CC. The third-order valence-corrected chi connectivity index (χ3v) is 3.91. The summed E-state index contributed by atoms with van der Waals surface area (Å²) in [4.78, 5) is 12.2.